The highest BCUT2D eigenvalue weighted by Crippen LogP contribution is 2.13. The van der Waals surface area contributed by atoms with Crippen LogP contribution in [0.25, 0.3) is 11.0 Å². The molecule has 92 valence electrons. The van der Waals surface area contributed by atoms with Crippen molar-refractivity contribution in [1.82, 2.24) is 15.0 Å². The smallest absolute Gasteiger partial charge is 0.201 e. The van der Waals surface area contributed by atoms with Crippen LogP contribution in [0.2, 0.25) is 0 Å². The monoisotopic (exact) mass is 260 g/mol. The predicted octanol–water partition coefficient (Wildman–Crippen LogP) is 2.99. The fourth-order valence-corrected chi connectivity index (χ4v) is 1.71. The topological polar surface area (TPSA) is 53.6 Å². The van der Waals surface area contributed by atoms with Gasteiger partial charge in [-0.2, -0.15) is 0 Å². The Morgan fingerprint density at radius 3 is 2.67 bits per heavy atom. The highest BCUT2D eigenvalue weighted by atomic mass is 35.5. The lowest BCUT2D eigenvalue weighted by molar-refractivity contribution is 1.02. The molecule has 0 amide bonds. The van der Waals surface area contributed by atoms with E-state index in [1.54, 1.807) is 6.20 Å². The molecule has 0 unspecified atom stereocenters. The molecule has 2 heterocycles. The summed E-state index contributed by atoms with van der Waals surface area (Å²) in [5, 5.41) is 3.22. The van der Waals surface area contributed by atoms with E-state index < -0.39 is 0 Å². The lowest BCUT2D eigenvalue weighted by atomic mass is 10.3. The molecular formula is C13H13ClN4. The van der Waals surface area contributed by atoms with Crippen molar-refractivity contribution in [2.45, 2.75) is 6.54 Å². The molecule has 0 aliphatic rings. The van der Waals surface area contributed by atoms with Gasteiger partial charge in [-0.05, 0) is 24.3 Å². The SMILES string of the molecule is Cl.c1ccc(CNc2nc3ccccc3[nH]2)nc1. The van der Waals surface area contributed by atoms with E-state index in [2.05, 4.69) is 20.3 Å². The first kappa shape index (κ1) is 12.4. The quantitative estimate of drug-likeness (QED) is 0.761. The van der Waals surface area contributed by atoms with Crippen molar-refractivity contribution in [3.05, 3.63) is 54.4 Å². The van der Waals surface area contributed by atoms with E-state index in [-0.39, 0.29) is 12.4 Å². The number of H-pyrrole nitrogens is 1. The van der Waals surface area contributed by atoms with Crippen molar-refractivity contribution in [2.24, 2.45) is 0 Å². The van der Waals surface area contributed by atoms with Gasteiger partial charge in [0.15, 0.2) is 0 Å². The van der Waals surface area contributed by atoms with Crippen LogP contribution in [0, 0.1) is 0 Å². The highest BCUT2D eigenvalue weighted by Gasteiger charge is 2.01. The van der Waals surface area contributed by atoms with Gasteiger partial charge >= 0.3 is 0 Å². The van der Waals surface area contributed by atoms with Crippen LogP contribution < -0.4 is 5.32 Å². The first-order chi connectivity index (χ1) is 8.42. The Morgan fingerprint density at radius 2 is 1.89 bits per heavy atom. The zero-order valence-corrected chi connectivity index (χ0v) is 10.4. The average molecular weight is 261 g/mol. The number of aromatic nitrogens is 3. The average Bonchev–Trinajstić information content (AvgIpc) is 2.80. The Kier molecular flexibility index (Phi) is 3.79. The number of hydrogen-bond acceptors (Lipinski definition) is 3. The lowest BCUT2D eigenvalue weighted by Gasteiger charge is -2.00. The molecular weight excluding hydrogens is 248 g/mol. The summed E-state index contributed by atoms with van der Waals surface area (Å²) in [6, 6.07) is 13.8. The molecule has 0 atom stereocenters. The molecule has 3 rings (SSSR count). The van der Waals surface area contributed by atoms with Gasteiger partial charge in [0.25, 0.3) is 0 Å². The Balaban J connectivity index is 0.00000120. The van der Waals surface area contributed by atoms with E-state index in [0.717, 1.165) is 22.7 Å². The summed E-state index contributed by atoms with van der Waals surface area (Å²) in [6.07, 6.45) is 1.79. The van der Waals surface area contributed by atoms with Crippen molar-refractivity contribution in [1.29, 1.82) is 0 Å². The summed E-state index contributed by atoms with van der Waals surface area (Å²) >= 11 is 0. The van der Waals surface area contributed by atoms with E-state index in [1.807, 2.05) is 42.5 Å². The minimum atomic E-state index is 0. The van der Waals surface area contributed by atoms with Gasteiger partial charge in [-0.1, -0.05) is 18.2 Å². The maximum absolute atomic E-state index is 4.43. The van der Waals surface area contributed by atoms with Gasteiger partial charge in [-0.15, -0.1) is 12.4 Å². The van der Waals surface area contributed by atoms with Gasteiger partial charge in [-0.3, -0.25) is 4.98 Å². The number of nitrogens with zero attached hydrogens (tertiary/aromatic N) is 2. The molecule has 0 bridgehead atoms. The van der Waals surface area contributed by atoms with Crippen molar-refractivity contribution >= 4 is 29.4 Å². The van der Waals surface area contributed by atoms with Crippen molar-refractivity contribution in [2.75, 3.05) is 5.32 Å². The van der Waals surface area contributed by atoms with Crippen molar-refractivity contribution in [3.63, 3.8) is 0 Å². The first-order valence-corrected chi connectivity index (χ1v) is 5.50. The number of anilines is 1. The highest BCUT2D eigenvalue weighted by molar-refractivity contribution is 5.85. The van der Waals surface area contributed by atoms with E-state index >= 15 is 0 Å². The van der Waals surface area contributed by atoms with Gasteiger partial charge in [-0.25, -0.2) is 4.98 Å². The van der Waals surface area contributed by atoms with E-state index in [4.69, 9.17) is 0 Å². The van der Waals surface area contributed by atoms with Crippen LogP contribution in [0.1, 0.15) is 5.69 Å². The fourth-order valence-electron chi connectivity index (χ4n) is 1.71. The molecule has 0 aliphatic heterocycles. The van der Waals surface area contributed by atoms with Crippen LogP contribution in [-0.4, -0.2) is 15.0 Å². The first-order valence-electron chi connectivity index (χ1n) is 5.50. The van der Waals surface area contributed by atoms with Crippen LogP contribution in [0.5, 0.6) is 0 Å². The molecule has 5 heteroatoms. The molecule has 0 spiro atoms. The summed E-state index contributed by atoms with van der Waals surface area (Å²) in [4.78, 5) is 11.9. The largest absolute Gasteiger partial charge is 0.350 e. The third-order valence-electron chi connectivity index (χ3n) is 2.55. The fraction of sp³-hybridized carbons (Fsp3) is 0.0769. The molecule has 0 saturated heterocycles. The van der Waals surface area contributed by atoms with Gasteiger partial charge < -0.3 is 10.3 Å². The molecule has 2 aromatic heterocycles. The number of halogens is 1. The second-order valence-electron chi connectivity index (χ2n) is 3.78. The zero-order chi connectivity index (χ0) is 11.5. The van der Waals surface area contributed by atoms with Crippen LogP contribution >= 0.6 is 12.4 Å². The summed E-state index contributed by atoms with van der Waals surface area (Å²) in [5.74, 6) is 0.775. The maximum atomic E-state index is 4.43. The molecule has 4 nitrogen and oxygen atoms in total. The van der Waals surface area contributed by atoms with Crippen LogP contribution in [0.15, 0.2) is 48.7 Å². The third kappa shape index (κ3) is 2.60. The lowest BCUT2D eigenvalue weighted by Crippen LogP contribution is -2.02. The zero-order valence-electron chi connectivity index (χ0n) is 9.63. The standard InChI is InChI=1S/C13H12N4.ClH/c1-2-7-12-11(6-1)16-13(17-12)15-9-10-5-3-4-8-14-10;/h1-8H,9H2,(H2,15,16,17);1H. The molecule has 18 heavy (non-hydrogen) atoms. The van der Waals surface area contributed by atoms with Crippen LogP contribution in [0.4, 0.5) is 5.95 Å². The minimum Gasteiger partial charge on any atom is -0.350 e. The minimum absolute atomic E-state index is 0. The van der Waals surface area contributed by atoms with Gasteiger partial charge in [0.1, 0.15) is 0 Å². The van der Waals surface area contributed by atoms with Crippen molar-refractivity contribution in [3.8, 4) is 0 Å². The Labute approximate surface area is 111 Å². The Morgan fingerprint density at radius 1 is 1.06 bits per heavy atom. The summed E-state index contributed by atoms with van der Waals surface area (Å²) in [5.41, 5.74) is 3.00. The molecule has 0 fully saturated rings. The number of fused-ring (bicyclic) bond motifs is 1. The number of para-hydroxylation sites is 2. The maximum Gasteiger partial charge on any atom is 0.201 e. The second kappa shape index (κ2) is 5.51. The second-order valence-corrected chi connectivity index (χ2v) is 3.78. The molecule has 2 N–H and O–H groups in total. The number of benzene rings is 1. The third-order valence-corrected chi connectivity index (χ3v) is 2.55. The molecule has 0 radical (unpaired) electrons. The van der Waals surface area contributed by atoms with Crippen LogP contribution in [0.3, 0.4) is 0 Å². The molecule has 3 aromatic rings. The van der Waals surface area contributed by atoms with E-state index in [1.165, 1.54) is 0 Å². The summed E-state index contributed by atoms with van der Waals surface area (Å²) < 4.78 is 0. The van der Waals surface area contributed by atoms with E-state index in [9.17, 15) is 0 Å². The molecule has 0 saturated carbocycles. The number of hydrogen-bond donors (Lipinski definition) is 2. The number of aromatic amines is 1. The van der Waals surface area contributed by atoms with E-state index in [0.29, 0.717) is 6.54 Å². The number of nitrogens with one attached hydrogen (secondary N) is 2. The predicted molar refractivity (Wildman–Crippen MR) is 74.9 cm³/mol. The molecule has 0 aliphatic carbocycles. The summed E-state index contributed by atoms with van der Waals surface area (Å²) in [7, 11) is 0. The number of pyridine rings is 1. The van der Waals surface area contributed by atoms with Gasteiger partial charge in [0.2, 0.25) is 5.95 Å². The molecule has 1 aromatic carbocycles. The number of rotatable bonds is 3. The van der Waals surface area contributed by atoms with Crippen molar-refractivity contribution < 1.29 is 0 Å². The Bertz CT molecular complexity index is 588. The normalized spacial score (nSPS) is 10.0. The number of imidazole rings is 1. The Hall–Kier alpha value is -2.07. The van der Waals surface area contributed by atoms with Crippen LogP contribution in [-0.2, 0) is 6.54 Å². The van der Waals surface area contributed by atoms with Gasteiger partial charge in [0, 0.05) is 6.20 Å². The summed E-state index contributed by atoms with van der Waals surface area (Å²) in [6.45, 7) is 0.667. The van der Waals surface area contributed by atoms with Gasteiger partial charge in [0.05, 0.1) is 23.3 Å².